The number of nitrogens with one attached hydrogen (secondary N) is 1. The van der Waals surface area contributed by atoms with E-state index in [1.165, 1.54) is 57.9 Å². The number of rotatable bonds is 12. The molecule has 1 heteroatoms. The summed E-state index contributed by atoms with van der Waals surface area (Å²) in [6.07, 6.45) is 11.2. The topological polar surface area (TPSA) is 12.0 Å². The van der Waals surface area contributed by atoms with Crippen molar-refractivity contribution in [1.29, 1.82) is 0 Å². The summed E-state index contributed by atoms with van der Waals surface area (Å²) in [5, 5.41) is 3.56. The van der Waals surface area contributed by atoms with Gasteiger partial charge in [-0.2, -0.15) is 0 Å². The lowest BCUT2D eigenvalue weighted by Gasteiger charge is -2.25. The van der Waals surface area contributed by atoms with Gasteiger partial charge in [0.15, 0.2) is 0 Å². The average Bonchev–Trinajstić information content (AvgIpc) is 2.29. The van der Waals surface area contributed by atoms with Gasteiger partial charge in [-0.05, 0) is 37.3 Å². The quantitative estimate of drug-likeness (QED) is 0.460. The van der Waals surface area contributed by atoms with Gasteiger partial charge >= 0.3 is 0 Å². The lowest BCUT2D eigenvalue weighted by atomic mass is 9.83. The van der Waals surface area contributed by atoms with Gasteiger partial charge in [0, 0.05) is 0 Å². The zero-order valence-electron chi connectivity index (χ0n) is 13.6. The Balaban J connectivity index is 3.42. The molecule has 0 unspecified atom stereocenters. The van der Waals surface area contributed by atoms with Crippen LogP contribution < -0.4 is 5.32 Å². The normalized spacial score (nSPS) is 12.3. The summed E-state index contributed by atoms with van der Waals surface area (Å²) in [5.41, 5.74) is 0.523. The molecule has 0 fully saturated rings. The van der Waals surface area contributed by atoms with Crippen molar-refractivity contribution < 1.29 is 0 Å². The summed E-state index contributed by atoms with van der Waals surface area (Å²) >= 11 is 0. The van der Waals surface area contributed by atoms with Gasteiger partial charge in [-0.1, -0.05) is 73.1 Å². The fraction of sp³-hybridized carbons (Fsp3) is 1.00. The molecule has 18 heavy (non-hydrogen) atoms. The number of hydrogen-bond acceptors (Lipinski definition) is 1. The van der Waals surface area contributed by atoms with Crippen LogP contribution in [0.1, 0.15) is 86.0 Å². The van der Waals surface area contributed by atoms with E-state index >= 15 is 0 Å². The van der Waals surface area contributed by atoms with E-state index in [0.29, 0.717) is 5.41 Å². The molecule has 0 radical (unpaired) electrons. The summed E-state index contributed by atoms with van der Waals surface area (Å²) in [5.74, 6) is 0.770. The van der Waals surface area contributed by atoms with Crippen molar-refractivity contribution in [3.8, 4) is 0 Å². The Morgan fingerprint density at radius 3 is 2.11 bits per heavy atom. The highest BCUT2D eigenvalue weighted by atomic mass is 14.8. The number of unbranched alkanes of at least 4 members (excludes halogenated alkanes) is 5. The first-order chi connectivity index (χ1) is 8.48. The van der Waals surface area contributed by atoms with E-state index in [1.807, 2.05) is 0 Å². The fourth-order valence-corrected chi connectivity index (χ4v) is 2.33. The first-order valence-electron chi connectivity index (χ1n) is 8.18. The molecule has 1 nitrogen and oxygen atoms in total. The molecule has 0 saturated carbocycles. The zero-order valence-corrected chi connectivity index (χ0v) is 13.6. The predicted octanol–water partition coefficient (Wildman–Crippen LogP) is 5.40. The lowest BCUT2D eigenvalue weighted by molar-refractivity contribution is 0.287. The maximum atomic E-state index is 3.56. The molecule has 0 rings (SSSR count). The van der Waals surface area contributed by atoms with Crippen LogP contribution in [0.5, 0.6) is 0 Å². The van der Waals surface area contributed by atoms with Crippen molar-refractivity contribution >= 4 is 0 Å². The van der Waals surface area contributed by atoms with Crippen molar-refractivity contribution in [2.24, 2.45) is 11.3 Å². The van der Waals surface area contributed by atoms with E-state index in [0.717, 1.165) is 12.5 Å². The Kier molecular flexibility index (Phi) is 10.8. The molecule has 110 valence electrons. The van der Waals surface area contributed by atoms with Gasteiger partial charge in [-0.25, -0.2) is 0 Å². The minimum atomic E-state index is 0.523. The van der Waals surface area contributed by atoms with Crippen LogP contribution in [-0.2, 0) is 0 Å². The first kappa shape index (κ1) is 18.0. The highest BCUT2D eigenvalue weighted by Crippen LogP contribution is 2.27. The van der Waals surface area contributed by atoms with Gasteiger partial charge in [0.25, 0.3) is 0 Å². The summed E-state index contributed by atoms with van der Waals surface area (Å²) in [7, 11) is 0. The summed E-state index contributed by atoms with van der Waals surface area (Å²) in [6, 6.07) is 0. The van der Waals surface area contributed by atoms with Crippen LogP contribution in [0.3, 0.4) is 0 Å². The molecule has 0 aromatic heterocycles. The summed E-state index contributed by atoms with van der Waals surface area (Å²) in [4.78, 5) is 0. The highest BCUT2D eigenvalue weighted by molar-refractivity contribution is 4.70. The molecule has 0 saturated heterocycles. The summed E-state index contributed by atoms with van der Waals surface area (Å²) < 4.78 is 0. The second-order valence-electron chi connectivity index (χ2n) is 7.03. The molecule has 0 aliphatic heterocycles. The van der Waals surface area contributed by atoms with Gasteiger partial charge in [0.05, 0.1) is 0 Å². The minimum absolute atomic E-state index is 0.523. The van der Waals surface area contributed by atoms with Crippen molar-refractivity contribution in [3.63, 3.8) is 0 Å². The molecular weight excluding hydrogens is 218 g/mol. The highest BCUT2D eigenvalue weighted by Gasteiger charge is 2.16. The van der Waals surface area contributed by atoms with Crippen LogP contribution in [0, 0.1) is 11.3 Å². The van der Waals surface area contributed by atoms with Crippen LogP contribution in [0.2, 0.25) is 0 Å². The van der Waals surface area contributed by atoms with Crippen LogP contribution in [0.15, 0.2) is 0 Å². The van der Waals surface area contributed by atoms with Gasteiger partial charge in [0.1, 0.15) is 0 Å². The van der Waals surface area contributed by atoms with Crippen LogP contribution in [-0.4, -0.2) is 13.1 Å². The standard InChI is InChI=1S/C17H37N/c1-6-7-8-9-10-11-12-17(4,5)13-14-18-15-16(2)3/h16,18H,6-15H2,1-5H3. The third-order valence-corrected chi connectivity index (χ3v) is 3.74. The maximum Gasteiger partial charge on any atom is -0.00258 e. The fourth-order valence-electron chi connectivity index (χ4n) is 2.33. The Hall–Kier alpha value is -0.0400. The van der Waals surface area contributed by atoms with Gasteiger partial charge < -0.3 is 5.32 Å². The minimum Gasteiger partial charge on any atom is -0.316 e. The summed E-state index contributed by atoms with van der Waals surface area (Å²) in [6.45, 7) is 14.0. The van der Waals surface area contributed by atoms with Crippen LogP contribution in [0.25, 0.3) is 0 Å². The Bertz CT molecular complexity index is 172. The van der Waals surface area contributed by atoms with Crippen molar-refractivity contribution in [3.05, 3.63) is 0 Å². The molecule has 0 spiro atoms. The molecular formula is C17H37N. The van der Waals surface area contributed by atoms with E-state index in [1.54, 1.807) is 0 Å². The number of hydrogen-bond donors (Lipinski definition) is 1. The van der Waals surface area contributed by atoms with E-state index in [-0.39, 0.29) is 0 Å². The van der Waals surface area contributed by atoms with E-state index in [9.17, 15) is 0 Å². The molecule has 0 aromatic carbocycles. The van der Waals surface area contributed by atoms with Crippen molar-refractivity contribution in [2.75, 3.05) is 13.1 Å². The SMILES string of the molecule is CCCCCCCCC(C)(C)CCNCC(C)C. The molecule has 0 atom stereocenters. The van der Waals surface area contributed by atoms with Crippen LogP contribution >= 0.6 is 0 Å². The molecule has 0 aliphatic carbocycles. The molecule has 1 N–H and O–H groups in total. The smallest absolute Gasteiger partial charge is 0.00258 e. The Morgan fingerprint density at radius 1 is 0.889 bits per heavy atom. The molecule has 0 heterocycles. The van der Waals surface area contributed by atoms with E-state index in [4.69, 9.17) is 0 Å². The van der Waals surface area contributed by atoms with Gasteiger partial charge in [-0.15, -0.1) is 0 Å². The average molecular weight is 255 g/mol. The van der Waals surface area contributed by atoms with Gasteiger partial charge in [0.2, 0.25) is 0 Å². The zero-order chi connectivity index (χ0) is 13.9. The molecule has 0 amide bonds. The Morgan fingerprint density at radius 2 is 1.50 bits per heavy atom. The molecule has 0 aromatic rings. The third kappa shape index (κ3) is 12.4. The maximum absolute atomic E-state index is 3.56. The monoisotopic (exact) mass is 255 g/mol. The lowest BCUT2D eigenvalue weighted by Crippen LogP contribution is -2.25. The molecule has 0 aliphatic rings. The van der Waals surface area contributed by atoms with Gasteiger partial charge in [-0.3, -0.25) is 0 Å². The van der Waals surface area contributed by atoms with Crippen molar-refractivity contribution in [1.82, 2.24) is 5.32 Å². The Labute approximate surface area is 116 Å². The largest absolute Gasteiger partial charge is 0.316 e. The van der Waals surface area contributed by atoms with Crippen LogP contribution in [0.4, 0.5) is 0 Å². The second kappa shape index (κ2) is 10.8. The van der Waals surface area contributed by atoms with E-state index in [2.05, 4.69) is 39.9 Å². The molecule has 0 bridgehead atoms. The second-order valence-corrected chi connectivity index (χ2v) is 7.03. The first-order valence-corrected chi connectivity index (χ1v) is 8.18. The van der Waals surface area contributed by atoms with Crippen molar-refractivity contribution in [2.45, 2.75) is 86.0 Å². The van der Waals surface area contributed by atoms with E-state index < -0.39 is 0 Å². The third-order valence-electron chi connectivity index (χ3n) is 3.74. The predicted molar refractivity (Wildman–Crippen MR) is 84.1 cm³/mol.